The minimum Gasteiger partial charge on any atom is -0.367 e. The Morgan fingerprint density at radius 3 is 2.61 bits per heavy atom. The van der Waals surface area contributed by atoms with E-state index in [0.717, 1.165) is 28.8 Å². The van der Waals surface area contributed by atoms with Gasteiger partial charge in [-0.15, -0.1) is 5.10 Å². The highest BCUT2D eigenvalue weighted by Crippen LogP contribution is 2.36. The van der Waals surface area contributed by atoms with Crippen LogP contribution in [0.3, 0.4) is 0 Å². The summed E-state index contributed by atoms with van der Waals surface area (Å²) in [6, 6.07) is 12.4. The van der Waals surface area contributed by atoms with E-state index >= 15 is 0 Å². The fourth-order valence-electron chi connectivity index (χ4n) is 2.77. The van der Waals surface area contributed by atoms with Crippen LogP contribution in [0.15, 0.2) is 52.7 Å². The van der Waals surface area contributed by atoms with Crippen LogP contribution < -0.4 is 0 Å². The quantitative estimate of drug-likeness (QED) is 0.473. The molecule has 2 aromatic rings. The maximum absolute atomic E-state index is 13.2. The van der Waals surface area contributed by atoms with Gasteiger partial charge in [-0.25, -0.2) is 4.39 Å². The van der Waals surface area contributed by atoms with Crippen molar-refractivity contribution in [3.63, 3.8) is 0 Å². The summed E-state index contributed by atoms with van der Waals surface area (Å²) in [5.74, 6) is -0.181. The molecule has 3 rings (SSSR count). The van der Waals surface area contributed by atoms with E-state index in [1.807, 2.05) is 37.2 Å². The molecule has 118 valence electrons. The number of halogens is 2. The summed E-state index contributed by atoms with van der Waals surface area (Å²) in [7, 11) is 3.78. The first kappa shape index (κ1) is 15.7. The van der Waals surface area contributed by atoms with Crippen molar-refractivity contribution in [2.24, 2.45) is 10.2 Å². The molecule has 0 aromatic heterocycles. The zero-order valence-corrected chi connectivity index (χ0v) is 13.8. The molecule has 0 bridgehead atoms. The molecule has 0 fully saturated rings. The van der Waals surface area contributed by atoms with E-state index in [1.165, 1.54) is 12.1 Å². The van der Waals surface area contributed by atoms with Crippen LogP contribution in [0.4, 0.5) is 4.39 Å². The maximum atomic E-state index is 13.2. The van der Waals surface area contributed by atoms with Gasteiger partial charge in [0.25, 0.3) is 0 Å². The standard InChI is InChI=1S/C18H17ClFN3/c1-23(2)11-21-22-18-16-8-5-14(19)9-13(16)10-17(18)12-3-6-15(20)7-4-12/h3-9,11,17H,10H2,1-2H3/b21-11+,22-18-. The number of fused-ring (bicyclic) bond motifs is 1. The predicted octanol–water partition coefficient (Wildman–Crippen LogP) is 4.11. The van der Waals surface area contributed by atoms with Crippen LogP contribution in [0.2, 0.25) is 5.02 Å². The highest BCUT2D eigenvalue weighted by Gasteiger charge is 2.30. The van der Waals surface area contributed by atoms with Crippen LogP contribution in [0.25, 0.3) is 0 Å². The number of hydrogen-bond donors (Lipinski definition) is 0. The molecule has 23 heavy (non-hydrogen) atoms. The highest BCUT2D eigenvalue weighted by molar-refractivity contribution is 6.31. The second kappa shape index (κ2) is 6.50. The normalized spacial score (nSPS) is 18.6. The molecular formula is C18H17ClFN3. The first-order valence-corrected chi connectivity index (χ1v) is 7.74. The van der Waals surface area contributed by atoms with E-state index in [2.05, 4.69) is 10.2 Å². The fraction of sp³-hybridized carbons (Fsp3) is 0.222. The topological polar surface area (TPSA) is 28.0 Å². The lowest BCUT2D eigenvalue weighted by molar-refractivity contribution is 0.626. The second-order valence-electron chi connectivity index (χ2n) is 5.79. The number of nitrogens with zero attached hydrogens (tertiary/aromatic N) is 3. The molecule has 0 spiro atoms. The number of hydrogen-bond acceptors (Lipinski definition) is 2. The van der Waals surface area contributed by atoms with Crippen molar-refractivity contribution in [1.29, 1.82) is 0 Å². The lowest BCUT2D eigenvalue weighted by atomic mass is 9.95. The Kier molecular flexibility index (Phi) is 4.44. The lowest BCUT2D eigenvalue weighted by Crippen LogP contribution is -2.10. The van der Waals surface area contributed by atoms with Crippen LogP contribution in [0, 0.1) is 5.82 Å². The third-order valence-electron chi connectivity index (χ3n) is 3.82. The third kappa shape index (κ3) is 3.42. The highest BCUT2D eigenvalue weighted by atomic mass is 35.5. The molecule has 3 nitrogen and oxygen atoms in total. The van der Waals surface area contributed by atoms with E-state index in [-0.39, 0.29) is 11.7 Å². The van der Waals surface area contributed by atoms with Gasteiger partial charge in [-0.05, 0) is 41.8 Å². The largest absolute Gasteiger partial charge is 0.367 e. The molecule has 0 radical (unpaired) electrons. The molecule has 0 aliphatic heterocycles. The van der Waals surface area contributed by atoms with Crippen molar-refractivity contribution >= 4 is 23.7 Å². The van der Waals surface area contributed by atoms with E-state index in [0.29, 0.717) is 5.02 Å². The SMILES string of the molecule is CN(C)/C=N/N=C1/c2ccc(Cl)cc2CC1c1ccc(F)cc1. The Labute approximate surface area is 140 Å². The van der Waals surface area contributed by atoms with Crippen LogP contribution in [0.1, 0.15) is 22.6 Å². The van der Waals surface area contributed by atoms with Gasteiger partial charge >= 0.3 is 0 Å². The van der Waals surface area contributed by atoms with E-state index in [9.17, 15) is 4.39 Å². The Morgan fingerprint density at radius 2 is 1.91 bits per heavy atom. The molecule has 1 atom stereocenters. The van der Waals surface area contributed by atoms with Gasteiger partial charge in [0.05, 0.1) is 5.71 Å². The van der Waals surface area contributed by atoms with Crippen molar-refractivity contribution in [2.75, 3.05) is 14.1 Å². The van der Waals surface area contributed by atoms with Gasteiger partial charge in [-0.3, -0.25) is 0 Å². The van der Waals surface area contributed by atoms with Crippen LogP contribution in [0.5, 0.6) is 0 Å². The van der Waals surface area contributed by atoms with Crippen molar-refractivity contribution in [3.8, 4) is 0 Å². The monoisotopic (exact) mass is 329 g/mol. The van der Waals surface area contributed by atoms with Crippen LogP contribution in [-0.2, 0) is 6.42 Å². The molecule has 0 heterocycles. The zero-order valence-electron chi connectivity index (χ0n) is 13.0. The summed E-state index contributed by atoms with van der Waals surface area (Å²) in [6.07, 6.45) is 2.44. The van der Waals surface area contributed by atoms with Crippen molar-refractivity contribution in [3.05, 3.63) is 70.0 Å². The van der Waals surface area contributed by atoms with E-state index < -0.39 is 0 Å². The van der Waals surface area contributed by atoms with Crippen LogP contribution in [-0.4, -0.2) is 31.0 Å². The molecule has 1 aliphatic carbocycles. The van der Waals surface area contributed by atoms with Crippen molar-refractivity contribution in [1.82, 2.24) is 4.90 Å². The number of benzene rings is 2. The van der Waals surface area contributed by atoms with Gasteiger partial charge in [-0.2, -0.15) is 5.10 Å². The molecule has 1 unspecified atom stereocenters. The lowest BCUT2D eigenvalue weighted by Gasteiger charge is -2.11. The molecule has 0 amide bonds. The van der Waals surface area contributed by atoms with Gasteiger partial charge < -0.3 is 4.90 Å². The Bertz CT molecular complexity index is 766. The summed E-state index contributed by atoms with van der Waals surface area (Å²) in [4.78, 5) is 1.83. The summed E-state index contributed by atoms with van der Waals surface area (Å²) < 4.78 is 13.2. The van der Waals surface area contributed by atoms with Gasteiger partial charge in [-0.1, -0.05) is 29.8 Å². The van der Waals surface area contributed by atoms with Gasteiger partial charge in [0, 0.05) is 30.6 Å². The fourth-order valence-corrected chi connectivity index (χ4v) is 2.97. The third-order valence-corrected chi connectivity index (χ3v) is 4.05. The van der Waals surface area contributed by atoms with E-state index in [1.54, 1.807) is 18.5 Å². The summed E-state index contributed by atoms with van der Waals surface area (Å²) in [5.41, 5.74) is 4.11. The first-order valence-electron chi connectivity index (χ1n) is 7.36. The molecule has 2 aromatic carbocycles. The molecule has 0 N–H and O–H groups in total. The smallest absolute Gasteiger partial charge is 0.123 e. The molecule has 5 heteroatoms. The Balaban J connectivity index is 2.03. The second-order valence-corrected chi connectivity index (χ2v) is 6.23. The first-order chi connectivity index (χ1) is 11.0. The molecular weight excluding hydrogens is 313 g/mol. The van der Waals surface area contributed by atoms with Crippen molar-refractivity contribution in [2.45, 2.75) is 12.3 Å². The summed E-state index contributed by atoms with van der Waals surface area (Å²) in [6.45, 7) is 0. The Hall–Kier alpha value is -2.20. The molecule has 0 saturated heterocycles. The summed E-state index contributed by atoms with van der Waals surface area (Å²) >= 11 is 6.11. The number of rotatable bonds is 3. The van der Waals surface area contributed by atoms with Crippen molar-refractivity contribution < 1.29 is 4.39 Å². The van der Waals surface area contributed by atoms with Crippen LogP contribution >= 0.6 is 11.6 Å². The Morgan fingerprint density at radius 1 is 1.17 bits per heavy atom. The minimum atomic E-state index is -0.239. The van der Waals surface area contributed by atoms with Gasteiger partial charge in [0.2, 0.25) is 0 Å². The minimum absolute atomic E-state index is 0.0587. The average Bonchev–Trinajstić information content (AvgIpc) is 2.85. The van der Waals surface area contributed by atoms with E-state index in [4.69, 9.17) is 11.6 Å². The maximum Gasteiger partial charge on any atom is 0.123 e. The predicted molar refractivity (Wildman–Crippen MR) is 93.0 cm³/mol. The van der Waals surface area contributed by atoms with Gasteiger partial charge in [0.15, 0.2) is 0 Å². The van der Waals surface area contributed by atoms with Gasteiger partial charge in [0.1, 0.15) is 12.2 Å². The average molecular weight is 330 g/mol. The summed E-state index contributed by atoms with van der Waals surface area (Å²) in [5, 5.41) is 9.28. The molecule has 0 saturated carbocycles. The molecule has 1 aliphatic rings. The zero-order chi connectivity index (χ0) is 16.4.